The molecule has 1 aromatic rings. The Morgan fingerprint density at radius 1 is 1.10 bits per heavy atom. The maximum atomic E-state index is 13.8. The minimum absolute atomic E-state index is 0.0458. The molecule has 1 atom stereocenters. The van der Waals surface area contributed by atoms with E-state index in [-0.39, 0.29) is 10.7 Å². The Bertz CT molecular complexity index is 436. The Morgan fingerprint density at radius 3 is 2.19 bits per heavy atom. The van der Waals surface area contributed by atoms with E-state index >= 15 is 0 Å². The third kappa shape index (κ3) is 5.24. The summed E-state index contributed by atoms with van der Waals surface area (Å²) in [6, 6.07) is 0. The number of aromatic nitrogens is 2. The Hall–Kier alpha value is -0.0900. The Kier molecular flexibility index (Phi) is 8.25. The second kappa shape index (κ2) is 9.14. The SMILES string of the molecule is CCCCCCCC(C)(CCCC)n1nc(Cl)c(F)c1Br. The number of nitrogens with zero attached hydrogens (tertiary/aromatic N) is 2. The molecule has 1 heterocycles. The van der Waals surface area contributed by atoms with Crippen molar-refractivity contribution in [2.24, 2.45) is 0 Å². The number of unbranched alkanes of at least 4 members (excludes halogenated alkanes) is 5. The topological polar surface area (TPSA) is 17.8 Å². The molecule has 0 bridgehead atoms. The molecular formula is C16H27BrClFN2. The lowest BCUT2D eigenvalue weighted by molar-refractivity contribution is 0.223. The van der Waals surface area contributed by atoms with E-state index in [9.17, 15) is 4.39 Å². The predicted octanol–water partition coefficient (Wildman–Crippen LogP) is 6.70. The zero-order valence-corrected chi connectivity index (χ0v) is 15.7. The molecule has 21 heavy (non-hydrogen) atoms. The van der Waals surface area contributed by atoms with Crippen molar-refractivity contribution in [3.8, 4) is 0 Å². The Balaban J connectivity index is 2.79. The second-order valence-corrected chi connectivity index (χ2v) is 7.18. The van der Waals surface area contributed by atoms with Gasteiger partial charge in [0.1, 0.15) is 4.60 Å². The fourth-order valence-corrected chi connectivity index (χ4v) is 3.69. The van der Waals surface area contributed by atoms with Gasteiger partial charge in [0, 0.05) is 0 Å². The normalized spacial score (nSPS) is 14.4. The van der Waals surface area contributed by atoms with Crippen molar-refractivity contribution >= 4 is 27.5 Å². The lowest BCUT2D eigenvalue weighted by atomic mass is 9.88. The summed E-state index contributed by atoms with van der Waals surface area (Å²) >= 11 is 9.14. The quantitative estimate of drug-likeness (QED) is 0.412. The standard InChI is InChI=1S/C16H27BrClFN2/c1-4-6-8-9-10-12-16(3,11-7-5-2)21-14(17)13(19)15(18)20-21/h4-12H2,1-3H3. The van der Waals surface area contributed by atoms with E-state index in [1.807, 2.05) is 0 Å². The average molecular weight is 382 g/mol. The van der Waals surface area contributed by atoms with Gasteiger partial charge in [0.2, 0.25) is 0 Å². The first-order chi connectivity index (χ1) is 9.96. The molecule has 0 radical (unpaired) electrons. The maximum absolute atomic E-state index is 13.8. The van der Waals surface area contributed by atoms with Crippen LogP contribution in [0.25, 0.3) is 0 Å². The van der Waals surface area contributed by atoms with Gasteiger partial charge in [-0.25, -0.2) is 9.07 Å². The first kappa shape index (κ1) is 19.0. The van der Waals surface area contributed by atoms with E-state index in [2.05, 4.69) is 41.8 Å². The molecule has 0 saturated heterocycles. The van der Waals surface area contributed by atoms with Gasteiger partial charge in [-0.15, -0.1) is 0 Å². The van der Waals surface area contributed by atoms with Crippen molar-refractivity contribution in [2.45, 2.75) is 84.1 Å². The van der Waals surface area contributed by atoms with Crippen molar-refractivity contribution < 1.29 is 4.39 Å². The number of hydrogen-bond donors (Lipinski definition) is 0. The molecule has 2 nitrogen and oxygen atoms in total. The molecule has 1 unspecified atom stereocenters. The maximum Gasteiger partial charge on any atom is 0.194 e. The van der Waals surface area contributed by atoms with Gasteiger partial charge in [0.05, 0.1) is 5.54 Å². The predicted molar refractivity (Wildman–Crippen MR) is 91.4 cm³/mol. The monoisotopic (exact) mass is 380 g/mol. The van der Waals surface area contributed by atoms with Crippen LogP contribution in [-0.4, -0.2) is 9.78 Å². The van der Waals surface area contributed by atoms with E-state index in [0.29, 0.717) is 4.60 Å². The van der Waals surface area contributed by atoms with Crippen LogP contribution in [0, 0.1) is 5.82 Å². The van der Waals surface area contributed by atoms with Crippen molar-refractivity contribution in [3.05, 3.63) is 15.6 Å². The summed E-state index contributed by atoms with van der Waals surface area (Å²) in [6.45, 7) is 6.56. The lowest BCUT2D eigenvalue weighted by Crippen LogP contribution is -2.31. The molecule has 0 fully saturated rings. The van der Waals surface area contributed by atoms with Crippen LogP contribution in [0.15, 0.2) is 4.60 Å². The molecule has 0 N–H and O–H groups in total. The third-order valence-electron chi connectivity index (χ3n) is 4.14. The highest BCUT2D eigenvalue weighted by atomic mass is 79.9. The van der Waals surface area contributed by atoms with Crippen molar-refractivity contribution in [1.82, 2.24) is 9.78 Å². The van der Waals surface area contributed by atoms with Gasteiger partial charge < -0.3 is 0 Å². The largest absolute Gasteiger partial charge is 0.248 e. The van der Waals surface area contributed by atoms with Crippen LogP contribution < -0.4 is 0 Å². The summed E-state index contributed by atoms with van der Waals surface area (Å²) in [5.41, 5.74) is -0.172. The molecular weight excluding hydrogens is 355 g/mol. The smallest absolute Gasteiger partial charge is 0.194 e. The third-order valence-corrected chi connectivity index (χ3v) is 5.06. The van der Waals surface area contributed by atoms with Crippen LogP contribution in [0.1, 0.15) is 78.6 Å². The molecule has 0 aromatic carbocycles. The van der Waals surface area contributed by atoms with Crippen LogP contribution in [0.5, 0.6) is 0 Å². The van der Waals surface area contributed by atoms with Gasteiger partial charge in [-0.3, -0.25) is 0 Å². The average Bonchev–Trinajstić information content (AvgIpc) is 2.73. The van der Waals surface area contributed by atoms with Gasteiger partial charge in [-0.1, -0.05) is 70.4 Å². The molecule has 0 aliphatic rings. The van der Waals surface area contributed by atoms with E-state index < -0.39 is 5.82 Å². The minimum atomic E-state index is -0.453. The summed E-state index contributed by atoms with van der Waals surface area (Å²) in [5, 5.41) is 4.16. The molecule has 0 aliphatic carbocycles. The van der Waals surface area contributed by atoms with Crippen LogP contribution >= 0.6 is 27.5 Å². The summed E-state index contributed by atoms with van der Waals surface area (Å²) < 4.78 is 16.0. The Labute approximate surface area is 141 Å². The Morgan fingerprint density at radius 2 is 1.67 bits per heavy atom. The molecule has 122 valence electrons. The van der Waals surface area contributed by atoms with E-state index in [1.54, 1.807) is 4.68 Å². The molecule has 1 rings (SSSR count). The second-order valence-electron chi connectivity index (χ2n) is 6.07. The van der Waals surface area contributed by atoms with Crippen molar-refractivity contribution in [3.63, 3.8) is 0 Å². The number of halogens is 3. The zero-order chi connectivity index (χ0) is 15.9. The van der Waals surface area contributed by atoms with Gasteiger partial charge in [-0.2, -0.15) is 5.10 Å². The van der Waals surface area contributed by atoms with Crippen LogP contribution in [-0.2, 0) is 5.54 Å². The highest BCUT2D eigenvalue weighted by Crippen LogP contribution is 2.35. The van der Waals surface area contributed by atoms with Crippen molar-refractivity contribution in [1.29, 1.82) is 0 Å². The first-order valence-corrected chi connectivity index (χ1v) is 9.23. The van der Waals surface area contributed by atoms with Crippen molar-refractivity contribution in [2.75, 3.05) is 0 Å². The van der Waals surface area contributed by atoms with Gasteiger partial charge in [0.15, 0.2) is 11.0 Å². The lowest BCUT2D eigenvalue weighted by Gasteiger charge is -2.31. The fourth-order valence-electron chi connectivity index (χ4n) is 2.72. The molecule has 1 aromatic heterocycles. The summed E-state index contributed by atoms with van der Waals surface area (Å²) in [6.07, 6.45) is 10.4. The van der Waals surface area contributed by atoms with Crippen LogP contribution in [0.4, 0.5) is 4.39 Å². The molecule has 5 heteroatoms. The van der Waals surface area contributed by atoms with Gasteiger partial charge in [-0.05, 0) is 35.7 Å². The summed E-state index contributed by atoms with van der Waals surface area (Å²) in [4.78, 5) is 0. The zero-order valence-electron chi connectivity index (χ0n) is 13.4. The summed E-state index contributed by atoms with van der Waals surface area (Å²) in [5.74, 6) is -0.453. The first-order valence-electron chi connectivity index (χ1n) is 8.06. The fraction of sp³-hybridized carbons (Fsp3) is 0.812. The molecule has 0 aliphatic heterocycles. The molecule has 0 saturated carbocycles. The number of rotatable bonds is 10. The van der Waals surface area contributed by atoms with Gasteiger partial charge >= 0.3 is 0 Å². The van der Waals surface area contributed by atoms with Gasteiger partial charge in [0.25, 0.3) is 0 Å². The minimum Gasteiger partial charge on any atom is -0.248 e. The van der Waals surface area contributed by atoms with E-state index in [1.165, 1.54) is 25.7 Å². The highest BCUT2D eigenvalue weighted by Gasteiger charge is 2.31. The number of hydrogen-bond acceptors (Lipinski definition) is 1. The summed E-state index contributed by atoms with van der Waals surface area (Å²) in [7, 11) is 0. The van der Waals surface area contributed by atoms with Crippen LogP contribution in [0.2, 0.25) is 5.15 Å². The highest BCUT2D eigenvalue weighted by molar-refractivity contribution is 9.10. The molecule has 0 amide bonds. The molecule has 0 spiro atoms. The van der Waals surface area contributed by atoms with E-state index in [0.717, 1.165) is 32.1 Å². The van der Waals surface area contributed by atoms with E-state index in [4.69, 9.17) is 11.6 Å². The van der Waals surface area contributed by atoms with Crippen LogP contribution in [0.3, 0.4) is 0 Å².